The van der Waals surface area contributed by atoms with E-state index in [4.69, 9.17) is 4.74 Å². The molecule has 1 aliphatic rings. The Morgan fingerprint density at radius 3 is 2.45 bits per heavy atom. The van der Waals surface area contributed by atoms with Gasteiger partial charge in [0.2, 0.25) is 5.88 Å². The number of imide groups is 1. The molecule has 1 aliphatic heterocycles. The van der Waals surface area contributed by atoms with E-state index in [1.54, 1.807) is 30.3 Å². The quantitative estimate of drug-likeness (QED) is 0.412. The number of benzene rings is 2. The molecular formula is C21H16F3N3O5S. The predicted molar refractivity (Wildman–Crippen MR) is 111 cm³/mol. The van der Waals surface area contributed by atoms with Gasteiger partial charge in [0, 0.05) is 30.3 Å². The molecule has 2 heterocycles. The van der Waals surface area contributed by atoms with E-state index < -0.39 is 56.4 Å². The van der Waals surface area contributed by atoms with Crippen LogP contribution in [0.1, 0.15) is 5.56 Å². The molecule has 4 rings (SSSR count). The van der Waals surface area contributed by atoms with Gasteiger partial charge in [-0.05, 0) is 11.6 Å². The SMILES string of the molecule is COc1cc(CN2CC(=O)N(c3cc(F)c(S(C)(=O)=O)c(F)c3F)C2=O)c2ccccc2n1. The molecule has 33 heavy (non-hydrogen) atoms. The molecule has 0 radical (unpaired) electrons. The third kappa shape index (κ3) is 3.86. The zero-order valence-electron chi connectivity index (χ0n) is 17.3. The molecule has 0 unspecified atom stereocenters. The van der Waals surface area contributed by atoms with Crippen LogP contribution in [0.25, 0.3) is 10.9 Å². The number of hydrogen-bond donors (Lipinski definition) is 0. The largest absolute Gasteiger partial charge is 0.481 e. The van der Waals surface area contributed by atoms with Crippen LogP contribution in [-0.2, 0) is 21.2 Å². The molecule has 12 heteroatoms. The summed E-state index contributed by atoms with van der Waals surface area (Å²) in [5, 5.41) is 0.678. The maximum Gasteiger partial charge on any atom is 0.332 e. The number of hydrogen-bond acceptors (Lipinski definition) is 6. The van der Waals surface area contributed by atoms with Gasteiger partial charge in [0.1, 0.15) is 17.3 Å². The summed E-state index contributed by atoms with van der Waals surface area (Å²) < 4.78 is 71.7. The molecule has 0 atom stereocenters. The van der Waals surface area contributed by atoms with Crippen molar-refractivity contribution in [2.75, 3.05) is 24.8 Å². The lowest BCUT2D eigenvalue weighted by molar-refractivity contribution is -0.116. The van der Waals surface area contributed by atoms with Crippen LogP contribution in [0.5, 0.6) is 5.88 Å². The molecular weight excluding hydrogens is 463 g/mol. The second-order valence-corrected chi connectivity index (χ2v) is 9.27. The highest BCUT2D eigenvalue weighted by Gasteiger charge is 2.40. The number of urea groups is 1. The summed E-state index contributed by atoms with van der Waals surface area (Å²) in [5.74, 6) is -6.11. The van der Waals surface area contributed by atoms with Gasteiger partial charge in [-0.1, -0.05) is 18.2 Å². The van der Waals surface area contributed by atoms with Gasteiger partial charge >= 0.3 is 6.03 Å². The van der Waals surface area contributed by atoms with Crippen molar-refractivity contribution in [3.63, 3.8) is 0 Å². The van der Waals surface area contributed by atoms with Crippen LogP contribution >= 0.6 is 0 Å². The second kappa shape index (κ2) is 8.03. The smallest absolute Gasteiger partial charge is 0.332 e. The Hall–Kier alpha value is -3.67. The first-order valence-electron chi connectivity index (χ1n) is 9.45. The number of rotatable bonds is 5. The fourth-order valence-corrected chi connectivity index (χ4v) is 4.47. The Morgan fingerprint density at radius 1 is 1.09 bits per heavy atom. The van der Waals surface area contributed by atoms with Crippen LogP contribution < -0.4 is 9.64 Å². The van der Waals surface area contributed by atoms with Gasteiger partial charge in [-0.2, -0.15) is 0 Å². The highest BCUT2D eigenvalue weighted by molar-refractivity contribution is 7.90. The van der Waals surface area contributed by atoms with Crippen LogP contribution in [0.3, 0.4) is 0 Å². The minimum atomic E-state index is -4.44. The molecule has 0 spiro atoms. The Morgan fingerprint density at radius 2 is 1.79 bits per heavy atom. The van der Waals surface area contributed by atoms with Crippen LogP contribution in [0.4, 0.5) is 23.7 Å². The average Bonchev–Trinajstić information content (AvgIpc) is 3.02. The highest BCUT2D eigenvalue weighted by atomic mass is 32.2. The zero-order chi connectivity index (χ0) is 24.1. The first kappa shape index (κ1) is 22.5. The number of sulfone groups is 1. The number of para-hydroxylation sites is 1. The molecule has 1 aromatic heterocycles. The van der Waals surface area contributed by atoms with Gasteiger partial charge in [-0.15, -0.1) is 0 Å². The molecule has 0 aliphatic carbocycles. The summed E-state index contributed by atoms with van der Waals surface area (Å²) in [4.78, 5) is 29.6. The number of amides is 3. The van der Waals surface area contributed by atoms with E-state index in [-0.39, 0.29) is 17.3 Å². The predicted octanol–water partition coefficient (Wildman–Crippen LogP) is 3.03. The topological polar surface area (TPSA) is 96.9 Å². The van der Waals surface area contributed by atoms with Crippen LogP contribution in [-0.4, -0.2) is 50.2 Å². The Bertz CT molecular complexity index is 1430. The minimum Gasteiger partial charge on any atom is -0.481 e. The van der Waals surface area contributed by atoms with Crippen molar-refractivity contribution in [2.45, 2.75) is 11.4 Å². The summed E-state index contributed by atoms with van der Waals surface area (Å²) in [6, 6.07) is 7.87. The number of fused-ring (bicyclic) bond motifs is 1. The van der Waals surface area contributed by atoms with Crippen molar-refractivity contribution in [1.29, 1.82) is 0 Å². The van der Waals surface area contributed by atoms with E-state index in [0.29, 0.717) is 28.8 Å². The van der Waals surface area contributed by atoms with Crippen molar-refractivity contribution in [2.24, 2.45) is 0 Å². The molecule has 1 fully saturated rings. The van der Waals surface area contributed by atoms with Crippen molar-refractivity contribution >= 4 is 38.4 Å². The van der Waals surface area contributed by atoms with Gasteiger partial charge < -0.3 is 9.64 Å². The Balaban J connectivity index is 1.73. The Labute approximate surface area is 186 Å². The second-order valence-electron chi connectivity index (χ2n) is 7.32. The molecule has 3 aromatic rings. The van der Waals surface area contributed by atoms with Crippen molar-refractivity contribution in [1.82, 2.24) is 9.88 Å². The lowest BCUT2D eigenvalue weighted by Gasteiger charge is -2.19. The fourth-order valence-electron chi connectivity index (χ4n) is 3.64. The summed E-state index contributed by atoms with van der Waals surface area (Å²) >= 11 is 0. The van der Waals surface area contributed by atoms with E-state index in [9.17, 15) is 31.2 Å². The van der Waals surface area contributed by atoms with E-state index in [2.05, 4.69) is 4.98 Å². The third-order valence-corrected chi connectivity index (χ3v) is 6.21. The summed E-state index contributed by atoms with van der Waals surface area (Å²) in [5.41, 5.74) is 0.144. The fraction of sp³-hybridized carbons (Fsp3) is 0.190. The van der Waals surface area contributed by atoms with Crippen molar-refractivity contribution in [3.05, 3.63) is 59.4 Å². The number of nitrogens with zero attached hydrogens (tertiary/aromatic N) is 3. The summed E-state index contributed by atoms with van der Waals surface area (Å²) in [7, 11) is -3.02. The number of anilines is 1. The van der Waals surface area contributed by atoms with Gasteiger partial charge in [-0.25, -0.2) is 36.3 Å². The molecule has 8 nitrogen and oxygen atoms in total. The van der Waals surface area contributed by atoms with Gasteiger partial charge in [0.05, 0.1) is 18.3 Å². The lowest BCUT2D eigenvalue weighted by Crippen LogP contribution is -2.34. The molecule has 0 bridgehead atoms. The number of aromatic nitrogens is 1. The number of carbonyl (C=O) groups is 2. The summed E-state index contributed by atoms with van der Waals surface area (Å²) in [6.07, 6.45) is 0.509. The Kier molecular flexibility index (Phi) is 5.48. The van der Waals surface area contributed by atoms with Gasteiger partial charge in [0.15, 0.2) is 21.5 Å². The third-order valence-electron chi connectivity index (χ3n) is 5.10. The minimum absolute atomic E-state index is 0.103. The summed E-state index contributed by atoms with van der Waals surface area (Å²) in [6.45, 7) is -0.594. The maximum absolute atomic E-state index is 14.6. The monoisotopic (exact) mass is 479 g/mol. The molecule has 3 amide bonds. The zero-order valence-corrected chi connectivity index (χ0v) is 18.1. The van der Waals surface area contributed by atoms with Crippen LogP contribution in [0.2, 0.25) is 0 Å². The lowest BCUT2D eigenvalue weighted by atomic mass is 10.1. The number of pyridine rings is 1. The number of carbonyl (C=O) groups excluding carboxylic acids is 2. The van der Waals surface area contributed by atoms with E-state index in [1.165, 1.54) is 7.11 Å². The first-order valence-corrected chi connectivity index (χ1v) is 11.3. The molecule has 2 aromatic carbocycles. The van der Waals surface area contributed by atoms with Gasteiger partial charge in [0.25, 0.3) is 5.91 Å². The van der Waals surface area contributed by atoms with E-state index in [0.717, 1.165) is 4.90 Å². The number of ether oxygens (including phenoxy) is 1. The molecule has 0 saturated carbocycles. The van der Waals surface area contributed by atoms with Crippen LogP contribution in [0, 0.1) is 17.5 Å². The molecule has 0 N–H and O–H groups in total. The average molecular weight is 479 g/mol. The molecule has 1 saturated heterocycles. The van der Waals surface area contributed by atoms with E-state index in [1.807, 2.05) is 0 Å². The maximum atomic E-state index is 14.6. The van der Waals surface area contributed by atoms with Crippen molar-refractivity contribution in [3.8, 4) is 5.88 Å². The highest BCUT2D eigenvalue weighted by Crippen LogP contribution is 2.33. The number of halogens is 3. The normalized spacial score (nSPS) is 14.5. The van der Waals surface area contributed by atoms with Gasteiger partial charge in [-0.3, -0.25) is 4.79 Å². The standard InChI is InChI=1S/C21H16F3N3O5S/c1-32-16-7-11(12-5-3-4-6-14(12)25-16)9-26-10-17(28)27(21(26)29)15-8-13(22)20(33(2,30)31)19(24)18(15)23/h3-8H,9-10H2,1-2H3. The first-order chi connectivity index (χ1) is 15.5. The van der Waals surface area contributed by atoms with Crippen LogP contribution in [0.15, 0.2) is 41.3 Å². The number of methoxy groups -OCH3 is 1. The molecule has 172 valence electrons. The van der Waals surface area contributed by atoms with E-state index >= 15 is 0 Å². The van der Waals surface area contributed by atoms with Crippen molar-refractivity contribution < 1.29 is 35.9 Å².